The van der Waals surface area contributed by atoms with Crippen LogP contribution in [0.15, 0.2) is 53.0 Å². The van der Waals surface area contributed by atoms with Gasteiger partial charge in [0.2, 0.25) is 5.91 Å². The summed E-state index contributed by atoms with van der Waals surface area (Å²) in [4.78, 5) is 17.7. The summed E-state index contributed by atoms with van der Waals surface area (Å²) in [5, 5.41) is 1.27. The summed E-state index contributed by atoms with van der Waals surface area (Å²) in [6.45, 7) is 2.40. The molecule has 1 amide bonds. The van der Waals surface area contributed by atoms with Crippen LogP contribution < -0.4 is 0 Å². The Morgan fingerprint density at radius 1 is 1.22 bits per heavy atom. The SMILES string of the molecule is CC(=O)N1CCc2c([nH]c3ccccc23)C1c1cccc(Br)c1. The quantitative estimate of drug-likeness (QED) is 0.677. The monoisotopic (exact) mass is 368 g/mol. The van der Waals surface area contributed by atoms with Gasteiger partial charge in [-0.3, -0.25) is 4.79 Å². The minimum absolute atomic E-state index is 0.0545. The van der Waals surface area contributed by atoms with Gasteiger partial charge in [-0.25, -0.2) is 0 Å². The van der Waals surface area contributed by atoms with Gasteiger partial charge in [0.15, 0.2) is 0 Å². The number of para-hydroxylation sites is 1. The van der Waals surface area contributed by atoms with Crippen molar-refractivity contribution in [3.8, 4) is 0 Å². The van der Waals surface area contributed by atoms with Crippen molar-refractivity contribution < 1.29 is 4.79 Å². The van der Waals surface area contributed by atoms with Gasteiger partial charge in [0.1, 0.15) is 0 Å². The highest BCUT2D eigenvalue weighted by molar-refractivity contribution is 9.10. The normalized spacial score (nSPS) is 17.3. The molecule has 4 heteroatoms. The van der Waals surface area contributed by atoms with E-state index in [1.807, 2.05) is 23.1 Å². The van der Waals surface area contributed by atoms with Crippen LogP contribution in [0.1, 0.15) is 29.8 Å². The number of rotatable bonds is 1. The summed E-state index contributed by atoms with van der Waals surface area (Å²) < 4.78 is 1.03. The van der Waals surface area contributed by atoms with Crippen molar-refractivity contribution in [2.45, 2.75) is 19.4 Å². The number of fused-ring (bicyclic) bond motifs is 3. The first-order valence-corrected chi connectivity index (χ1v) is 8.56. The smallest absolute Gasteiger partial charge is 0.220 e. The lowest BCUT2D eigenvalue weighted by Gasteiger charge is -2.35. The van der Waals surface area contributed by atoms with Crippen LogP contribution in [0.25, 0.3) is 10.9 Å². The standard InChI is InChI=1S/C19H17BrN2O/c1-12(23)22-10-9-16-15-7-2-3-8-17(15)21-18(16)19(22)13-5-4-6-14(20)11-13/h2-8,11,19,21H,9-10H2,1H3. The highest BCUT2D eigenvalue weighted by Crippen LogP contribution is 2.38. The maximum atomic E-state index is 12.2. The number of amides is 1. The molecule has 1 atom stereocenters. The number of nitrogens with zero attached hydrogens (tertiary/aromatic N) is 1. The molecule has 1 N–H and O–H groups in total. The largest absolute Gasteiger partial charge is 0.356 e. The summed E-state index contributed by atoms with van der Waals surface area (Å²) in [6.07, 6.45) is 0.892. The second-order valence-electron chi connectivity index (χ2n) is 5.98. The Balaban J connectivity index is 1.95. The second kappa shape index (κ2) is 5.53. The summed E-state index contributed by atoms with van der Waals surface area (Å²) in [6, 6.07) is 16.5. The van der Waals surface area contributed by atoms with E-state index in [9.17, 15) is 4.79 Å². The van der Waals surface area contributed by atoms with Crippen LogP contribution in [0.5, 0.6) is 0 Å². The molecule has 0 bridgehead atoms. The summed E-state index contributed by atoms with van der Waals surface area (Å²) in [5.41, 5.74) is 4.75. The third-order valence-electron chi connectivity index (χ3n) is 4.60. The van der Waals surface area contributed by atoms with Crippen LogP contribution in [-0.2, 0) is 11.2 Å². The van der Waals surface area contributed by atoms with Crippen molar-refractivity contribution >= 4 is 32.7 Å². The first kappa shape index (κ1) is 14.5. The van der Waals surface area contributed by atoms with Crippen LogP contribution in [0.4, 0.5) is 0 Å². The molecular formula is C19H17BrN2O. The van der Waals surface area contributed by atoms with Crippen molar-refractivity contribution in [2.75, 3.05) is 6.54 Å². The molecule has 0 saturated heterocycles. The minimum atomic E-state index is -0.0545. The Bertz CT molecular complexity index is 899. The number of aromatic nitrogens is 1. The van der Waals surface area contributed by atoms with Gasteiger partial charge in [-0.2, -0.15) is 0 Å². The van der Waals surface area contributed by atoms with Gasteiger partial charge in [-0.15, -0.1) is 0 Å². The van der Waals surface area contributed by atoms with Crippen LogP contribution in [0.3, 0.4) is 0 Å². The summed E-state index contributed by atoms with van der Waals surface area (Å²) in [7, 11) is 0. The molecule has 3 aromatic rings. The van der Waals surface area contributed by atoms with Crippen LogP contribution >= 0.6 is 15.9 Å². The fourth-order valence-electron chi connectivity index (χ4n) is 3.60. The molecule has 3 nitrogen and oxygen atoms in total. The number of halogens is 1. The van der Waals surface area contributed by atoms with Crippen molar-refractivity contribution in [3.05, 3.63) is 69.8 Å². The molecule has 1 aromatic heterocycles. The number of carbonyl (C=O) groups is 1. The zero-order valence-corrected chi connectivity index (χ0v) is 14.4. The third-order valence-corrected chi connectivity index (χ3v) is 5.10. The fraction of sp³-hybridized carbons (Fsp3) is 0.211. The number of carbonyl (C=O) groups excluding carboxylic acids is 1. The third kappa shape index (κ3) is 2.38. The highest BCUT2D eigenvalue weighted by Gasteiger charge is 2.32. The number of hydrogen-bond acceptors (Lipinski definition) is 1. The molecular weight excluding hydrogens is 352 g/mol. The van der Waals surface area contributed by atoms with E-state index in [0.717, 1.165) is 34.2 Å². The van der Waals surface area contributed by atoms with E-state index in [-0.39, 0.29) is 11.9 Å². The summed E-state index contributed by atoms with van der Waals surface area (Å²) >= 11 is 3.55. The van der Waals surface area contributed by atoms with E-state index in [4.69, 9.17) is 0 Å². The average Bonchev–Trinajstić information content (AvgIpc) is 2.92. The van der Waals surface area contributed by atoms with Gasteiger partial charge < -0.3 is 9.88 Å². The fourth-order valence-corrected chi connectivity index (χ4v) is 4.02. The number of benzene rings is 2. The van der Waals surface area contributed by atoms with Gasteiger partial charge >= 0.3 is 0 Å². The predicted molar refractivity (Wildman–Crippen MR) is 95.4 cm³/mol. The maximum Gasteiger partial charge on any atom is 0.220 e. The molecule has 116 valence electrons. The predicted octanol–water partition coefficient (Wildman–Crippen LogP) is 4.42. The van der Waals surface area contributed by atoms with E-state index >= 15 is 0 Å². The lowest BCUT2D eigenvalue weighted by atomic mass is 9.92. The van der Waals surface area contributed by atoms with Crippen LogP contribution in [0, 0.1) is 0 Å². The molecule has 1 unspecified atom stereocenters. The van der Waals surface area contributed by atoms with Crippen LogP contribution in [0.2, 0.25) is 0 Å². The topological polar surface area (TPSA) is 36.1 Å². The first-order chi connectivity index (χ1) is 11.1. The molecule has 1 aliphatic rings. The summed E-state index contributed by atoms with van der Waals surface area (Å²) in [5.74, 6) is 0.110. The molecule has 2 heterocycles. The Morgan fingerprint density at radius 3 is 2.83 bits per heavy atom. The molecule has 0 fully saturated rings. The average molecular weight is 369 g/mol. The molecule has 0 aliphatic carbocycles. The molecule has 2 aromatic carbocycles. The molecule has 0 spiro atoms. The second-order valence-corrected chi connectivity index (χ2v) is 6.90. The number of hydrogen-bond donors (Lipinski definition) is 1. The Kier molecular flexibility index (Phi) is 3.49. The Hall–Kier alpha value is -2.07. The van der Waals surface area contributed by atoms with Gasteiger partial charge in [-0.05, 0) is 35.7 Å². The zero-order chi connectivity index (χ0) is 16.0. The van der Waals surface area contributed by atoms with Crippen molar-refractivity contribution in [3.63, 3.8) is 0 Å². The van der Waals surface area contributed by atoms with Crippen molar-refractivity contribution in [2.24, 2.45) is 0 Å². The van der Waals surface area contributed by atoms with Crippen molar-refractivity contribution in [1.29, 1.82) is 0 Å². The Labute approximate surface area is 143 Å². The minimum Gasteiger partial charge on any atom is -0.356 e. The maximum absolute atomic E-state index is 12.2. The molecule has 1 aliphatic heterocycles. The number of H-pyrrole nitrogens is 1. The number of aromatic amines is 1. The highest BCUT2D eigenvalue weighted by atomic mass is 79.9. The van der Waals surface area contributed by atoms with E-state index in [1.54, 1.807) is 6.92 Å². The Morgan fingerprint density at radius 2 is 2.04 bits per heavy atom. The van der Waals surface area contributed by atoms with Gasteiger partial charge in [0.25, 0.3) is 0 Å². The molecule has 0 radical (unpaired) electrons. The van der Waals surface area contributed by atoms with Gasteiger partial charge in [0, 0.05) is 34.5 Å². The first-order valence-electron chi connectivity index (χ1n) is 7.77. The van der Waals surface area contributed by atoms with Crippen molar-refractivity contribution in [1.82, 2.24) is 9.88 Å². The van der Waals surface area contributed by atoms with Crippen LogP contribution in [-0.4, -0.2) is 22.3 Å². The van der Waals surface area contributed by atoms with Gasteiger partial charge in [0.05, 0.1) is 6.04 Å². The zero-order valence-electron chi connectivity index (χ0n) is 12.8. The number of nitrogens with one attached hydrogen (secondary N) is 1. The van der Waals surface area contributed by atoms with E-state index in [2.05, 4.69) is 51.2 Å². The lowest BCUT2D eigenvalue weighted by molar-refractivity contribution is -0.130. The van der Waals surface area contributed by atoms with E-state index in [1.165, 1.54) is 10.9 Å². The molecule has 4 rings (SSSR count). The lowest BCUT2D eigenvalue weighted by Crippen LogP contribution is -2.39. The van der Waals surface area contributed by atoms with E-state index < -0.39 is 0 Å². The molecule has 0 saturated carbocycles. The molecule has 23 heavy (non-hydrogen) atoms. The van der Waals surface area contributed by atoms with Gasteiger partial charge in [-0.1, -0.05) is 46.3 Å². The van der Waals surface area contributed by atoms with E-state index in [0.29, 0.717) is 0 Å².